The van der Waals surface area contributed by atoms with E-state index in [9.17, 15) is 30.8 Å². The molecule has 192 valence electrons. The molecule has 0 saturated heterocycles. The van der Waals surface area contributed by atoms with Gasteiger partial charge in [0.2, 0.25) is 10.0 Å². The molecule has 1 amide bonds. The second-order valence-electron chi connectivity index (χ2n) is 8.90. The van der Waals surface area contributed by atoms with Crippen molar-refractivity contribution in [2.24, 2.45) is 0 Å². The highest BCUT2D eigenvalue weighted by Crippen LogP contribution is 2.34. The Morgan fingerprint density at radius 2 is 1.81 bits per heavy atom. The van der Waals surface area contributed by atoms with Crippen LogP contribution in [0.4, 0.5) is 28.9 Å². The number of carbonyl (C=O) groups excluding carboxylic acids is 1. The van der Waals surface area contributed by atoms with Crippen LogP contribution in [-0.4, -0.2) is 31.7 Å². The number of benzene rings is 3. The first-order valence-electron chi connectivity index (χ1n) is 11.3. The Bertz CT molecular complexity index is 1640. The Kier molecular flexibility index (Phi) is 5.98. The fourth-order valence-electron chi connectivity index (χ4n) is 4.61. The zero-order chi connectivity index (χ0) is 26.5. The van der Waals surface area contributed by atoms with E-state index in [2.05, 4.69) is 5.32 Å². The van der Waals surface area contributed by atoms with Crippen molar-refractivity contribution in [3.8, 4) is 0 Å². The van der Waals surface area contributed by atoms with Crippen LogP contribution in [0.3, 0.4) is 0 Å². The molecule has 3 aromatic carbocycles. The summed E-state index contributed by atoms with van der Waals surface area (Å²) in [5, 5.41) is 2.98. The summed E-state index contributed by atoms with van der Waals surface area (Å²) in [6, 6.07) is 15.2. The first-order valence-corrected chi connectivity index (χ1v) is 13.1. The van der Waals surface area contributed by atoms with Crippen molar-refractivity contribution < 1.29 is 30.8 Å². The van der Waals surface area contributed by atoms with Crippen molar-refractivity contribution in [2.75, 3.05) is 22.4 Å². The van der Waals surface area contributed by atoms with Crippen LogP contribution in [0, 0.1) is 5.82 Å². The summed E-state index contributed by atoms with van der Waals surface area (Å²) in [5.74, 6) is -1.04. The predicted octanol–water partition coefficient (Wildman–Crippen LogP) is 5.42. The molecule has 6 nitrogen and oxygen atoms in total. The molecule has 0 spiro atoms. The molecule has 0 aliphatic carbocycles. The van der Waals surface area contributed by atoms with Crippen molar-refractivity contribution in [1.82, 2.24) is 4.57 Å². The maximum Gasteiger partial charge on any atom is 0.416 e. The van der Waals surface area contributed by atoms with E-state index < -0.39 is 33.5 Å². The second kappa shape index (κ2) is 8.91. The number of carbonyl (C=O) groups is 1. The van der Waals surface area contributed by atoms with E-state index in [0.29, 0.717) is 35.4 Å². The quantitative estimate of drug-likeness (QED) is 0.350. The number of fused-ring (bicyclic) bond motifs is 2. The summed E-state index contributed by atoms with van der Waals surface area (Å²) >= 11 is 0. The molecule has 37 heavy (non-hydrogen) atoms. The normalized spacial score (nSPS) is 13.7. The molecule has 11 heteroatoms. The van der Waals surface area contributed by atoms with E-state index in [-0.39, 0.29) is 17.6 Å². The maximum absolute atomic E-state index is 13.8. The molecule has 0 unspecified atom stereocenters. The Morgan fingerprint density at radius 1 is 1.03 bits per heavy atom. The number of rotatable bonds is 5. The third-order valence-electron chi connectivity index (χ3n) is 6.28. The Morgan fingerprint density at radius 3 is 2.51 bits per heavy atom. The molecule has 2 heterocycles. The highest BCUT2D eigenvalue weighted by atomic mass is 32.2. The SMILES string of the molecule is CS(=O)(=O)N1CCc2cc(NC(=O)c3cc4cc(C(F)(F)F)ccc4n3Cc3cccc(F)c3)ccc21. The van der Waals surface area contributed by atoms with E-state index in [1.165, 1.54) is 34.6 Å². The van der Waals surface area contributed by atoms with Gasteiger partial charge in [-0.3, -0.25) is 9.10 Å². The van der Waals surface area contributed by atoms with Gasteiger partial charge >= 0.3 is 6.18 Å². The topological polar surface area (TPSA) is 71.4 Å². The minimum absolute atomic E-state index is 0.0584. The van der Waals surface area contributed by atoms with E-state index in [1.807, 2.05) is 0 Å². The van der Waals surface area contributed by atoms with E-state index >= 15 is 0 Å². The number of anilines is 2. The van der Waals surface area contributed by atoms with Gasteiger partial charge in [0.25, 0.3) is 5.91 Å². The fourth-order valence-corrected chi connectivity index (χ4v) is 5.57. The summed E-state index contributed by atoms with van der Waals surface area (Å²) in [5.41, 5.74) is 1.88. The van der Waals surface area contributed by atoms with Crippen molar-refractivity contribution in [2.45, 2.75) is 19.1 Å². The number of nitrogens with one attached hydrogen (secondary N) is 1. The average Bonchev–Trinajstić information content (AvgIpc) is 3.39. The lowest BCUT2D eigenvalue weighted by atomic mass is 10.1. The van der Waals surface area contributed by atoms with Crippen molar-refractivity contribution in [1.29, 1.82) is 0 Å². The number of aromatic nitrogens is 1. The van der Waals surface area contributed by atoms with Crippen molar-refractivity contribution in [3.63, 3.8) is 0 Å². The standard InChI is InChI=1S/C26H21F4N3O3S/c1-37(35,36)33-10-9-17-13-21(6-8-23(17)33)31-25(34)24-14-18-12-19(26(28,29)30)5-7-22(18)32(24)15-16-3-2-4-20(27)11-16/h2-8,11-14H,9-10,15H2,1H3,(H,31,34). The lowest BCUT2D eigenvalue weighted by Crippen LogP contribution is -2.27. The molecule has 1 N–H and O–H groups in total. The minimum atomic E-state index is -4.55. The summed E-state index contributed by atoms with van der Waals surface area (Å²) in [7, 11) is -3.43. The summed E-state index contributed by atoms with van der Waals surface area (Å²) in [6.07, 6.45) is -2.95. The first-order chi connectivity index (χ1) is 17.4. The Labute approximate surface area is 210 Å². The van der Waals surface area contributed by atoms with Crippen LogP contribution in [0.5, 0.6) is 0 Å². The Balaban J connectivity index is 1.52. The Hall–Kier alpha value is -3.86. The third kappa shape index (κ3) is 4.91. The molecule has 0 saturated carbocycles. The molecular formula is C26H21F4N3O3S. The maximum atomic E-state index is 13.8. The van der Waals surface area contributed by atoms with E-state index in [4.69, 9.17) is 0 Å². The van der Waals surface area contributed by atoms with Crippen LogP contribution in [-0.2, 0) is 29.2 Å². The van der Waals surface area contributed by atoms with Crippen LogP contribution in [0.15, 0.2) is 66.7 Å². The molecule has 5 rings (SSSR count). The molecule has 4 aromatic rings. The molecule has 1 aliphatic rings. The van der Waals surface area contributed by atoms with Gasteiger partial charge in [0, 0.05) is 29.7 Å². The highest BCUT2D eigenvalue weighted by Gasteiger charge is 2.31. The van der Waals surface area contributed by atoms with Gasteiger partial charge in [0.15, 0.2) is 0 Å². The highest BCUT2D eigenvalue weighted by molar-refractivity contribution is 7.92. The monoisotopic (exact) mass is 531 g/mol. The van der Waals surface area contributed by atoms with Crippen molar-refractivity contribution >= 4 is 38.2 Å². The number of halogens is 4. The summed E-state index contributed by atoms with van der Waals surface area (Å²) in [6.45, 7) is 0.359. The van der Waals surface area contributed by atoms with Crippen LogP contribution in [0.2, 0.25) is 0 Å². The summed E-state index contributed by atoms with van der Waals surface area (Å²) in [4.78, 5) is 13.3. The van der Waals surface area contributed by atoms with E-state index in [1.54, 1.807) is 28.8 Å². The molecule has 0 atom stereocenters. The molecular weight excluding hydrogens is 510 g/mol. The largest absolute Gasteiger partial charge is 0.416 e. The zero-order valence-corrected chi connectivity index (χ0v) is 20.3. The molecule has 1 aromatic heterocycles. The molecule has 0 fully saturated rings. The zero-order valence-electron chi connectivity index (χ0n) is 19.5. The molecule has 0 radical (unpaired) electrons. The summed E-state index contributed by atoms with van der Waals surface area (Å²) < 4.78 is 80.5. The number of amides is 1. The smallest absolute Gasteiger partial charge is 0.332 e. The lowest BCUT2D eigenvalue weighted by molar-refractivity contribution is -0.137. The van der Waals surface area contributed by atoms with Gasteiger partial charge in [-0.15, -0.1) is 0 Å². The molecule has 1 aliphatic heterocycles. The van der Waals surface area contributed by atoms with Crippen LogP contribution in [0.1, 0.15) is 27.2 Å². The van der Waals surface area contributed by atoms with Gasteiger partial charge < -0.3 is 9.88 Å². The predicted molar refractivity (Wildman–Crippen MR) is 133 cm³/mol. The number of hydrogen-bond acceptors (Lipinski definition) is 3. The van der Waals surface area contributed by atoms with Crippen LogP contribution >= 0.6 is 0 Å². The lowest BCUT2D eigenvalue weighted by Gasteiger charge is -2.17. The number of nitrogens with zero attached hydrogens (tertiary/aromatic N) is 2. The van der Waals surface area contributed by atoms with Gasteiger partial charge in [-0.05, 0) is 72.1 Å². The minimum Gasteiger partial charge on any atom is -0.332 e. The molecule has 0 bridgehead atoms. The van der Waals surface area contributed by atoms with E-state index in [0.717, 1.165) is 24.0 Å². The van der Waals surface area contributed by atoms with Crippen LogP contribution < -0.4 is 9.62 Å². The third-order valence-corrected chi connectivity index (χ3v) is 7.46. The number of sulfonamides is 1. The van der Waals surface area contributed by atoms with Crippen LogP contribution in [0.25, 0.3) is 10.9 Å². The fraction of sp³-hybridized carbons (Fsp3) is 0.192. The van der Waals surface area contributed by atoms with Gasteiger partial charge in [-0.2, -0.15) is 13.2 Å². The van der Waals surface area contributed by atoms with Gasteiger partial charge in [-0.1, -0.05) is 12.1 Å². The van der Waals surface area contributed by atoms with Gasteiger partial charge in [-0.25, -0.2) is 12.8 Å². The van der Waals surface area contributed by atoms with Gasteiger partial charge in [0.05, 0.1) is 17.5 Å². The van der Waals surface area contributed by atoms with Crippen molar-refractivity contribution in [3.05, 3.63) is 94.9 Å². The second-order valence-corrected chi connectivity index (χ2v) is 10.8. The van der Waals surface area contributed by atoms with Gasteiger partial charge in [0.1, 0.15) is 11.5 Å². The average molecular weight is 532 g/mol. The number of hydrogen-bond donors (Lipinski definition) is 1. The first kappa shape index (κ1) is 24.8. The number of alkyl halides is 3.